The molecular formula is C15H25N3O. The van der Waals surface area contributed by atoms with Crippen LogP contribution in [0.1, 0.15) is 44.5 Å². The standard InChI is InChI=1S/C15H25N3O/c1-5-8-9-11-19-15-12(4)14(16-7-3)17-13(18-15)10-6-2/h5H,1,6-11H2,2-4H3,(H,16,17,18). The lowest BCUT2D eigenvalue weighted by atomic mass is 10.2. The number of nitrogens with zero attached hydrogens (tertiary/aromatic N) is 2. The molecule has 1 N–H and O–H groups in total. The molecule has 0 bridgehead atoms. The van der Waals surface area contributed by atoms with Crippen molar-refractivity contribution < 1.29 is 4.74 Å². The van der Waals surface area contributed by atoms with E-state index in [0.29, 0.717) is 12.5 Å². The Morgan fingerprint density at radius 2 is 2.11 bits per heavy atom. The molecule has 4 heteroatoms. The van der Waals surface area contributed by atoms with E-state index in [1.165, 1.54) is 0 Å². The number of hydrogen-bond acceptors (Lipinski definition) is 4. The zero-order chi connectivity index (χ0) is 14.1. The number of ether oxygens (including phenoxy) is 1. The normalized spacial score (nSPS) is 10.3. The van der Waals surface area contributed by atoms with Gasteiger partial charge in [-0.15, -0.1) is 6.58 Å². The van der Waals surface area contributed by atoms with Crippen molar-refractivity contribution in [3.05, 3.63) is 24.0 Å². The van der Waals surface area contributed by atoms with E-state index in [9.17, 15) is 0 Å². The number of anilines is 1. The molecule has 0 atom stereocenters. The van der Waals surface area contributed by atoms with Crippen molar-refractivity contribution in [3.63, 3.8) is 0 Å². The number of unbranched alkanes of at least 4 members (excludes halogenated alkanes) is 1. The minimum absolute atomic E-state index is 0.668. The summed E-state index contributed by atoms with van der Waals surface area (Å²) in [7, 11) is 0. The summed E-state index contributed by atoms with van der Waals surface area (Å²) in [6.07, 6.45) is 5.74. The van der Waals surface area contributed by atoms with Gasteiger partial charge in [0.1, 0.15) is 11.6 Å². The van der Waals surface area contributed by atoms with Gasteiger partial charge in [0.2, 0.25) is 5.88 Å². The molecule has 19 heavy (non-hydrogen) atoms. The van der Waals surface area contributed by atoms with Gasteiger partial charge in [0.25, 0.3) is 0 Å². The molecule has 0 aromatic carbocycles. The summed E-state index contributed by atoms with van der Waals surface area (Å²) in [6, 6.07) is 0. The van der Waals surface area contributed by atoms with Gasteiger partial charge in [-0.05, 0) is 33.1 Å². The number of aromatic nitrogens is 2. The summed E-state index contributed by atoms with van der Waals surface area (Å²) in [5.41, 5.74) is 0.986. The SMILES string of the molecule is C=CCCCOc1nc(CCC)nc(NCC)c1C. The Morgan fingerprint density at radius 3 is 2.74 bits per heavy atom. The van der Waals surface area contributed by atoms with Crippen molar-refractivity contribution in [2.75, 3.05) is 18.5 Å². The van der Waals surface area contributed by atoms with Crippen molar-refractivity contribution in [1.82, 2.24) is 9.97 Å². The summed E-state index contributed by atoms with van der Waals surface area (Å²) in [6.45, 7) is 11.4. The van der Waals surface area contributed by atoms with Crippen LogP contribution in [0.4, 0.5) is 5.82 Å². The topological polar surface area (TPSA) is 47.0 Å². The van der Waals surface area contributed by atoms with Gasteiger partial charge in [0.15, 0.2) is 0 Å². The number of nitrogens with one attached hydrogen (secondary N) is 1. The molecule has 0 aliphatic heterocycles. The molecular weight excluding hydrogens is 238 g/mol. The maximum atomic E-state index is 5.77. The quantitative estimate of drug-likeness (QED) is 0.547. The largest absolute Gasteiger partial charge is 0.477 e. The third-order valence-corrected chi connectivity index (χ3v) is 2.76. The Labute approximate surface area is 116 Å². The number of rotatable bonds is 9. The molecule has 0 saturated carbocycles. The second-order valence-corrected chi connectivity index (χ2v) is 4.48. The molecule has 0 aliphatic carbocycles. The lowest BCUT2D eigenvalue weighted by Gasteiger charge is -2.13. The highest BCUT2D eigenvalue weighted by Crippen LogP contribution is 2.22. The fraction of sp³-hybridized carbons (Fsp3) is 0.600. The molecule has 106 valence electrons. The first-order valence-corrected chi connectivity index (χ1v) is 7.08. The van der Waals surface area contributed by atoms with E-state index >= 15 is 0 Å². The van der Waals surface area contributed by atoms with Crippen LogP contribution in [0.3, 0.4) is 0 Å². The van der Waals surface area contributed by atoms with E-state index in [4.69, 9.17) is 4.74 Å². The lowest BCUT2D eigenvalue weighted by molar-refractivity contribution is 0.296. The van der Waals surface area contributed by atoms with Crippen LogP contribution < -0.4 is 10.1 Å². The number of aryl methyl sites for hydroxylation is 1. The molecule has 1 heterocycles. The fourth-order valence-corrected chi connectivity index (χ4v) is 1.75. The highest BCUT2D eigenvalue weighted by atomic mass is 16.5. The average molecular weight is 263 g/mol. The monoisotopic (exact) mass is 263 g/mol. The van der Waals surface area contributed by atoms with Crippen LogP contribution in [0.2, 0.25) is 0 Å². The van der Waals surface area contributed by atoms with Gasteiger partial charge in [-0.3, -0.25) is 0 Å². The van der Waals surface area contributed by atoms with E-state index in [-0.39, 0.29) is 0 Å². The second kappa shape index (κ2) is 8.51. The first kappa shape index (κ1) is 15.5. The van der Waals surface area contributed by atoms with E-state index in [1.807, 2.05) is 13.0 Å². The average Bonchev–Trinajstić information content (AvgIpc) is 2.40. The predicted molar refractivity (Wildman–Crippen MR) is 79.9 cm³/mol. The van der Waals surface area contributed by atoms with Crippen LogP contribution in [0.25, 0.3) is 0 Å². The predicted octanol–water partition coefficient (Wildman–Crippen LogP) is 3.51. The molecule has 0 spiro atoms. The Bertz CT molecular complexity index is 405. The number of allylic oxidation sites excluding steroid dienone is 1. The van der Waals surface area contributed by atoms with Crippen molar-refractivity contribution >= 4 is 5.82 Å². The minimum atomic E-state index is 0.668. The minimum Gasteiger partial charge on any atom is -0.477 e. The molecule has 0 radical (unpaired) electrons. The molecule has 0 amide bonds. The summed E-state index contributed by atoms with van der Waals surface area (Å²) in [5, 5.41) is 3.27. The fourth-order valence-electron chi connectivity index (χ4n) is 1.75. The molecule has 0 saturated heterocycles. The lowest BCUT2D eigenvalue weighted by Crippen LogP contribution is -2.09. The van der Waals surface area contributed by atoms with Crippen LogP contribution in [0.5, 0.6) is 5.88 Å². The van der Waals surface area contributed by atoms with Crippen LogP contribution in [0.15, 0.2) is 12.7 Å². The summed E-state index contributed by atoms with van der Waals surface area (Å²) >= 11 is 0. The summed E-state index contributed by atoms with van der Waals surface area (Å²) in [5.74, 6) is 2.45. The Kier molecular flexibility index (Phi) is 6.93. The van der Waals surface area contributed by atoms with Crippen molar-refractivity contribution in [3.8, 4) is 5.88 Å². The molecule has 1 aromatic rings. The van der Waals surface area contributed by atoms with Gasteiger partial charge < -0.3 is 10.1 Å². The molecule has 1 rings (SSSR count). The molecule has 4 nitrogen and oxygen atoms in total. The van der Waals surface area contributed by atoms with Crippen LogP contribution in [0, 0.1) is 6.92 Å². The van der Waals surface area contributed by atoms with Gasteiger partial charge in [0, 0.05) is 13.0 Å². The molecule has 0 fully saturated rings. The van der Waals surface area contributed by atoms with Gasteiger partial charge in [-0.2, -0.15) is 4.98 Å². The zero-order valence-electron chi connectivity index (χ0n) is 12.3. The molecule has 0 unspecified atom stereocenters. The maximum Gasteiger partial charge on any atom is 0.221 e. The smallest absolute Gasteiger partial charge is 0.221 e. The van der Waals surface area contributed by atoms with Crippen LogP contribution in [-0.2, 0) is 6.42 Å². The Balaban J connectivity index is 2.83. The van der Waals surface area contributed by atoms with Gasteiger partial charge in [-0.1, -0.05) is 13.0 Å². The van der Waals surface area contributed by atoms with Crippen LogP contribution in [-0.4, -0.2) is 23.1 Å². The van der Waals surface area contributed by atoms with Gasteiger partial charge in [0.05, 0.1) is 12.2 Å². The third kappa shape index (κ3) is 4.89. The van der Waals surface area contributed by atoms with Crippen molar-refractivity contribution in [1.29, 1.82) is 0 Å². The highest BCUT2D eigenvalue weighted by Gasteiger charge is 2.11. The van der Waals surface area contributed by atoms with E-state index < -0.39 is 0 Å². The van der Waals surface area contributed by atoms with E-state index in [1.54, 1.807) is 0 Å². The number of hydrogen-bond donors (Lipinski definition) is 1. The first-order chi connectivity index (χ1) is 9.22. The van der Waals surface area contributed by atoms with Crippen LogP contribution >= 0.6 is 0 Å². The first-order valence-electron chi connectivity index (χ1n) is 7.08. The van der Waals surface area contributed by atoms with E-state index in [0.717, 1.165) is 49.4 Å². The summed E-state index contributed by atoms with van der Waals surface area (Å²) in [4.78, 5) is 9.04. The van der Waals surface area contributed by atoms with Gasteiger partial charge >= 0.3 is 0 Å². The highest BCUT2D eigenvalue weighted by molar-refractivity contribution is 5.48. The zero-order valence-corrected chi connectivity index (χ0v) is 12.3. The Morgan fingerprint density at radius 1 is 1.32 bits per heavy atom. The molecule has 0 aliphatic rings. The second-order valence-electron chi connectivity index (χ2n) is 4.48. The maximum absolute atomic E-state index is 5.77. The van der Waals surface area contributed by atoms with Gasteiger partial charge in [-0.25, -0.2) is 4.98 Å². The molecule has 1 aromatic heterocycles. The van der Waals surface area contributed by atoms with Crippen molar-refractivity contribution in [2.24, 2.45) is 0 Å². The summed E-state index contributed by atoms with van der Waals surface area (Å²) < 4.78 is 5.77. The van der Waals surface area contributed by atoms with E-state index in [2.05, 4.69) is 35.7 Å². The Hall–Kier alpha value is -1.58. The van der Waals surface area contributed by atoms with Crippen molar-refractivity contribution in [2.45, 2.75) is 46.5 Å². The third-order valence-electron chi connectivity index (χ3n) is 2.76.